The number of carbonyl (C=O) groups is 1. The van der Waals surface area contributed by atoms with Crippen LogP contribution in [0, 0.1) is 6.92 Å². The zero-order valence-corrected chi connectivity index (χ0v) is 13.0. The third kappa shape index (κ3) is 3.45. The van der Waals surface area contributed by atoms with E-state index in [-0.39, 0.29) is 12.5 Å². The van der Waals surface area contributed by atoms with Crippen LogP contribution in [0.2, 0.25) is 0 Å². The predicted octanol–water partition coefficient (Wildman–Crippen LogP) is 2.10. The Kier molecular flexibility index (Phi) is 4.91. The van der Waals surface area contributed by atoms with Crippen LogP contribution < -0.4 is 16.4 Å². The van der Waals surface area contributed by atoms with Crippen LogP contribution in [0.15, 0.2) is 5.38 Å². The van der Waals surface area contributed by atoms with Crippen LogP contribution >= 0.6 is 22.9 Å². The number of nitrogen functional groups attached to an aromatic ring is 1. The average Bonchev–Trinajstić information content (AvgIpc) is 3.00. The highest BCUT2D eigenvalue weighted by atomic mass is 32.1. The van der Waals surface area contributed by atoms with Gasteiger partial charge in [0, 0.05) is 11.9 Å². The normalized spacial score (nSPS) is 10.5. The molecule has 0 aliphatic heterocycles. The Hall–Kier alpha value is -1.67. The van der Waals surface area contributed by atoms with Crippen molar-refractivity contribution in [3.05, 3.63) is 10.4 Å². The van der Waals surface area contributed by atoms with Crippen molar-refractivity contribution in [2.45, 2.75) is 20.3 Å². The van der Waals surface area contributed by atoms with Gasteiger partial charge >= 0.3 is 0 Å². The highest BCUT2D eigenvalue weighted by molar-refractivity contribution is 7.11. The molecule has 0 radical (unpaired) electrons. The molecule has 0 atom stereocenters. The highest BCUT2D eigenvalue weighted by Crippen LogP contribution is 2.36. The summed E-state index contributed by atoms with van der Waals surface area (Å²) in [5.41, 5.74) is 7.47. The summed E-state index contributed by atoms with van der Waals surface area (Å²) in [6, 6.07) is 0. The first-order valence-corrected chi connectivity index (χ1v) is 7.95. The van der Waals surface area contributed by atoms with E-state index in [1.165, 1.54) is 11.5 Å². The molecule has 0 fully saturated rings. The summed E-state index contributed by atoms with van der Waals surface area (Å²) in [6.45, 7) is 4.84. The van der Waals surface area contributed by atoms with E-state index in [1.807, 2.05) is 19.2 Å². The quantitative estimate of drug-likeness (QED) is 0.759. The minimum absolute atomic E-state index is 0.0424. The summed E-state index contributed by atoms with van der Waals surface area (Å²) in [4.78, 5) is 16.0. The van der Waals surface area contributed by atoms with Crippen LogP contribution in [-0.4, -0.2) is 28.4 Å². The van der Waals surface area contributed by atoms with Crippen molar-refractivity contribution in [3.8, 4) is 11.3 Å². The summed E-state index contributed by atoms with van der Waals surface area (Å²) < 4.78 is 4.13. The smallest absolute Gasteiger partial charge is 0.239 e. The largest absolute Gasteiger partial charge is 0.382 e. The molecule has 0 spiro atoms. The van der Waals surface area contributed by atoms with Crippen LogP contribution in [0.3, 0.4) is 0 Å². The van der Waals surface area contributed by atoms with Crippen molar-refractivity contribution < 1.29 is 4.79 Å². The molecule has 0 bridgehead atoms. The molecular weight excluding hydrogens is 294 g/mol. The van der Waals surface area contributed by atoms with E-state index >= 15 is 0 Å². The number of nitrogens with two attached hydrogens (primary N) is 1. The summed E-state index contributed by atoms with van der Waals surface area (Å²) in [5.74, 6) is 0.399. The Labute approximate surface area is 125 Å². The molecule has 108 valence electrons. The second kappa shape index (κ2) is 6.67. The fourth-order valence-electron chi connectivity index (χ4n) is 1.64. The van der Waals surface area contributed by atoms with E-state index in [0.29, 0.717) is 12.4 Å². The van der Waals surface area contributed by atoms with Crippen molar-refractivity contribution in [2.24, 2.45) is 0 Å². The van der Waals surface area contributed by atoms with Gasteiger partial charge in [-0.25, -0.2) is 4.98 Å². The SMILES string of the molecule is CCCNC(=O)CNc1snc(N)c1-c1csc(C)n1. The molecule has 0 saturated heterocycles. The molecule has 0 aromatic carbocycles. The molecule has 0 unspecified atom stereocenters. The Morgan fingerprint density at radius 1 is 1.50 bits per heavy atom. The standard InChI is InChI=1S/C12H17N5OS2/c1-3-4-14-9(18)5-15-12-10(11(13)17-20-12)8-6-19-7(2)16-8/h6,15H,3-5H2,1-2H3,(H2,13,17)(H,14,18). The molecule has 4 N–H and O–H groups in total. The Balaban J connectivity index is 2.08. The van der Waals surface area contributed by atoms with Gasteiger partial charge in [-0.3, -0.25) is 4.79 Å². The second-order valence-corrected chi connectivity index (χ2v) is 6.06. The van der Waals surface area contributed by atoms with E-state index < -0.39 is 0 Å². The van der Waals surface area contributed by atoms with Gasteiger partial charge in [-0.2, -0.15) is 4.37 Å². The van der Waals surface area contributed by atoms with Gasteiger partial charge in [-0.15, -0.1) is 11.3 Å². The van der Waals surface area contributed by atoms with Gasteiger partial charge in [-0.1, -0.05) is 6.92 Å². The lowest BCUT2D eigenvalue weighted by molar-refractivity contribution is -0.119. The first-order valence-electron chi connectivity index (χ1n) is 6.30. The number of anilines is 2. The number of hydrogen-bond acceptors (Lipinski definition) is 7. The lowest BCUT2D eigenvalue weighted by Gasteiger charge is -2.06. The second-order valence-electron chi connectivity index (χ2n) is 4.23. The van der Waals surface area contributed by atoms with Crippen molar-refractivity contribution in [3.63, 3.8) is 0 Å². The zero-order chi connectivity index (χ0) is 14.5. The molecule has 0 saturated carbocycles. The van der Waals surface area contributed by atoms with Crippen molar-refractivity contribution in [2.75, 3.05) is 24.1 Å². The Morgan fingerprint density at radius 2 is 2.30 bits per heavy atom. The number of aromatic nitrogens is 2. The topological polar surface area (TPSA) is 92.9 Å². The summed E-state index contributed by atoms with van der Waals surface area (Å²) in [5, 5.41) is 9.58. The van der Waals surface area contributed by atoms with Crippen LogP contribution in [0.4, 0.5) is 10.8 Å². The molecule has 1 amide bonds. The third-order valence-electron chi connectivity index (χ3n) is 2.58. The monoisotopic (exact) mass is 311 g/mol. The van der Waals surface area contributed by atoms with Gasteiger partial charge in [-0.05, 0) is 24.9 Å². The fourth-order valence-corrected chi connectivity index (χ4v) is 2.96. The van der Waals surface area contributed by atoms with E-state index in [1.54, 1.807) is 11.3 Å². The molecule has 2 heterocycles. The fraction of sp³-hybridized carbons (Fsp3) is 0.417. The maximum atomic E-state index is 11.6. The number of amides is 1. The predicted molar refractivity (Wildman–Crippen MR) is 84.2 cm³/mol. The minimum atomic E-state index is -0.0424. The maximum Gasteiger partial charge on any atom is 0.239 e. The molecule has 2 aromatic heterocycles. The number of thiazole rings is 1. The van der Waals surface area contributed by atoms with Crippen LogP contribution in [0.25, 0.3) is 11.3 Å². The molecule has 2 aromatic rings. The maximum absolute atomic E-state index is 11.6. The lowest BCUT2D eigenvalue weighted by atomic mass is 10.2. The first-order chi connectivity index (χ1) is 9.61. The molecular formula is C12H17N5OS2. The number of carbonyl (C=O) groups excluding carboxylic acids is 1. The lowest BCUT2D eigenvalue weighted by Crippen LogP contribution is -2.30. The van der Waals surface area contributed by atoms with E-state index in [0.717, 1.165) is 27.7 Å². The summed E-state index contributed by atoms with van der Waals surface area (Å²) in [6.07, 6.45) is 0.919. The molecule has 20 heavy (non-hydrogen) atoms. The number of nitrogens with one attached hydrogen (secondary N) is 2. The van der Waals surface area contributed by atoms with E-state index in [9.17, 15) is 4.79 Å². The van der Waals surface area contributed by atoms with Crippen molar-refractivity contribution in [1.82, 2.24) is 14.7 Å². The molecule has 8 heteroatoms. The number of hydrogen-bond donors (Lipinski definition) is 3. The van der Waals surface area contributed by atoms with Gasteiger partial charge in [0.1, 0.15) is 10.8 Å². The van der Waals surface area contributed by atoms with Gasteiger partial charge in [0.05, 0.1) is 22.8 Å². The third-order valence-corrected chi connectivity index (χ3v) is 4.17. The number of nitrogens with zero attached hydrogens (tertiary/aromatic N) is 2. The Morgan fingerprint density at radius 3 is 2.95 bits per heavy atom. The minimum Gasteiger partial charge on any atom is -0.382 e. The van der Waals surface area contributed by atoms with Gasteiger partial charge in [0.2, 0.25) is 5.91 Å². The van der Waals surface area contributed by atoms with Crippen LogP contribution in [0.5, 0.6) is 0 Å². The first kappa shape index (κ1) is 14.7. The number of rotatable bonds is 6. The summed E-state index contributed by atoms with van der Waals surface area (Å²) in [7, 11) is 0. The zero-order valence-electron chi connectivity index (χ0n) is 11.4. The van der Waals surface area contributed by atoms with E-state index in [2.05, 4.69) is 20.0 Å². The average molecular weight is 311 g/mol. The van der Waals surface area contributed by atoms with E-state index in [4.69, 9.17) is 5.73 Å². The highest BCUT2D eigenvalue weighted by Gasteiger charge is 2.16. The molecule has 2 rings (SSSR count). The summed E-state index contributed by atoms with van der Waals surface area (Å²) >= 11 is 2.80. The van der Waals surface area contributed by atoms with Crippen molar-refractivity contribution in [1.29, 1.82) is 0 Å². The number of aryl methyl sites for hydroxylation is 1. The van der Waals surface area contributed by atoms with Gasteiger partial charge in [0.25, 0.3) is 0 Å². The van der Waals surface area contributed by atoms with Crippen molar-refractivity contribution >= 4 is 39.6 Å². The molecule has 6 nitrogen and oxygen atoms in total. The molecule has 0 aliphatic carbocycles. The van der Waals surface area contributed by atoms with Crippen LogP contribution in [-0.2, 0) is 4.79 Å². The van der Waals surface area contributed by atoms with Gasteiger partial charge in [0.15, 0.2) is 0 Å². The Bertz CT molecular complexity index is 592. The van der Waals surface area contributed by atoms with Crippen LogP contribution in [0.1, 0.15) is 18.4 Å². The molecule has 0 aliphatic rings. The van der Waals surface area contributed by atoms with Gasteiger partial charge < -0.3 is 16.4 Å².